The Kier molecular flexibility index (Phi) is 5.09. The summed E-state index contributed by atoms with van der Waals surface area (Å²) in [5, 5.41) is 17.4. The van der Waals surface area contributed by atoms with E-state index in [1.165, 1.54) is 6.39 Å². The minimum Gasteiger partial charge on any atom is -0.480 e. The third-order valence-corrected chi connectivity index (χ3v) is 2.26. The number of carboxylic acids is 1. The quantitative estimate of drug-likeness (QED) is 0.660. The van der Waals surface area contributed by atoms with E-state index in [-0.39, 0.29) is 5.92 Å². The normalized spacial score (nSPS) is 12.2. The molecule has 1 aromatic heterocycles. The molecule has 18 heavy (non-hydrogen) atoms. The molecule has 0 aliphatic heterocycles. The molecule has 1 atom stereocenters. The molecule has 0 aliphatic rings. The minimum absolute atomic E-state index is 0.189. The number of hydrogen-bond donors (Lipinski definition) is 3. The molecule has 0 saturated heterocycles. The third kappa shape index (κ3) is 4.40. The molecule has 0 saturated carbocycles. The van der Waals surface area contributed by atoms with Gasteiger partial charge in [0.2, 0.25) is 6.39 Å². The number of nitrogens with one attached hydrogen (secondary N) is 2. The zero-order chi connectivity index (χ0) is 13.5. The van der Waals surface area contributed by atoms with Gasteiger partial charge in [-0.1, -0.05) is 19.0 Å². The summed E-state index contributed by atoms with van der Waals surface area (Å²) in [5.74, 6) is -0.766. The van der Waals surface area contributed by atoms with Gasteiger partial charge in [-0.15, -0.1) is 0 Å². The van der Waals surface area contributed by atoms with Gasteiger partial charge in [0, 0.05) is 13.0 Å². The van der Waals surface area contributed by atoms with Crippen molar-refractivity contribution < 1.29 is 19.2 Å². The van der Waals surface area contributed by atoms with Crippen LogP contribution in [0.2, 0.25) is 0 Å². The van der Waals surface area contributed by atoms with E-state index in [0.29, 0.717) is 18.8 Å². The standard InChI is InChI=1S/C10H16N4O4/c1-6(2)8(9(15)16)13-10(17)11-4-3-7-12-5-18-14-7/h5-6,8H,3-4H2,1-2H3,(H,15,16)(H2,11,13,17)/t8-/m0/s1. The van der Waals surface area contributed by atoms with Crippen molar-refractivity contribution in [2.24, 2.45) is 5.92 Å². The molecule has 0 unspecified atom stereocenters. The molecule has 3 N–H and O–H groups in total. The first-order chi connectivity index (χ1) is 8.50. The maximum atomic E-state index is 11.4. The van der Waals surface area contributed by atoms with Crippen LogP contribution in [-0.4, -0.2) is 39.8 Å². The van der Waals surface area contributed by atoms with Crippen LogP contribution in [0.5, 0.6) is 0 Å². The van der Waals surface area contributed by atoms with E-state index in [0.717, 1.165) is 0 Å². The Labute approximate surface area is 104 Å². The predicted molar refractivity (Wildman–Crippen MR) is 60.8 cm³/mol. The number of amides is 2. The van der Waals surface area contributed by atoms with Gasteiger partial charge in [-0.3, -0.25) is 0 Å². The van der Waals surface area contributed by atoms with Crippen LogP contribution in [0.25, 0.3) is 0 Å². The summed E-state index contributed by atoms with van der Waals surface area (Å²) in [7, 11) is 0. The summed E-state index contributed by atoms with van der Waals surface area (Å²) in [6.07, 6.45) is 1.62. The SMILES string of the molecule is CC(C)[C@H](NC(=O)NCCc1ncon1)C(=O)O. The highest BCUT2D eigenvalue weighted by Crippen LogP contribution is 2.01. The Morgan fingerprint density at radius 1 is 1.50 bits per heavy atom. The molecule has 2 amide bonds. The number of aromatic nitrogens is 2. The average molecular weight is 256 g/mol. The molecule has 1 heterocycles. The van der Waals surface area contributed by atoms with Gasteiger partial charge in [0.1, 0.15) is 6.04 Å². The summed E-state index contributed by atoms with van der Waals surface area (Å²) in [6.45, 7) is 3.74. The van der Waals surface area contributed by atoms with Gasteiger partial charge >= 0.3 is 12.0 Å². The first kappa shape index (κ1) is 13.9. The van der Waals surface area contributed by atoms with Crippen LogP contribution in [0, 0.1) is 5.92 Å². The average Bonchev–Trinajstić information content (AvgIpc) is 2.78. The monoisotopic (exact) mass is 256 g/mol. The number of carbonyl (C=O) groups is 2. The number of urea groups is 1. The lowest BCUT2D eigenvalue weighted by atomic mass is 10.1. The lowest BCUT2D eigenvalue weighted by Crippen LogP contribution is -2.48. The highest BCUT2D eigenvalue weighted by Gasteiger charge is 2.23. The summed E-state index contributed by atoms with van der Waals surface area (Å²) in [4.78, 5) is 26.1. The maximum absolute atomic E-state index is 11.4. The van der Waals surface area contributed by atoms with Crippen LogP contribution in [0.4, 0.5) is 4.79 Å². The molecule has 100 valence electrons. The van der Waals surface area contributed by atoms with Crippen LogP contribution in [0.1, 0.15) is 19.7 Å². The van der Waals surface area contributed by atoms with Crippen LogP contribution in [0.15, 0.2) is 10.9 Å². The van der Waals surface area contributed by atoms with E-state index in [2.05, 4.69) is 25.3 Å². The number of rotatable bonds is 6. The molecule has 0 spiro atoms. The summed E-state index contributed by atoms with van der Waals surface area (Å²) < 4.78 is 4.53. The highest BCUT2D eigenvalue weighted by atomic mass is 16.5. The summed E-state index contributed by atoms with van der Waals surface area (Å²) >= 11 is 0. The number of hydrogen-bond acceptors (Lipinski definition) is 5. The van der Waals surface area contributed by atoms with Gasteiger partial charge < -0.3 is 20.3 Å². The second-order valence-corrected chi connectivity index (χ2v) is 4.06. The van der Waals surface area contributed by atoms with Crippen molar-refractivity contribution in [3.05, 3.63) is 12.2 Å². The molecule has 0 fully saturated rings. The Morgan fingerprint density at radius 3 is 2.72 bits per heavy atom. The lowest BCUT2D eigenvalue weighted by molar-refractivity contribution is -0.140. The molecule has 0 radical (unpaired) electrons. The third-order valence-electron chi connectivity index (χ3n) is 2.26. The van der Waals surface area contributed by atoms with Gasteiger partial charge in [-0.2, -0.15) is 4.98 Å². The Bertz CT molecular complexity index is 391. The van der Waals surface area contributed by atoms with E-state index >= 15 is 0 Å². The van der Waals surface area contributed by atoms with Gasteiger partial charge in [-0.05, 0) is 5.92 Å². The Hall–Kier alpha value is -2.12. The number of nitrogens with zero attached hydrogens (tertiary/aromatic N) is 2. The number of carboxylic acid groups (broad SMARTS) is 1. The molecule has 1 rings (SSSR count). The van der Waals surface area contributed by atoms with Crippen LogP contribution in [0.3, 0.4) is 0 Å². The largest absolute Gasteiger partial charge is 0.480 e. The second kappa shape index (κ2) is 6.58. The minimum atomic E-state index is -1.06. The van der Waals surface area contributed by atoms with Gasteiger partial charge in [0.15, 0.2) is 5.82 Å². The zero-order valence-electron chi connectivity index (χ0n) is 10.2. The van der Waals surface area contributed by atoms with E-state index in [1.807, 2.05) is 0 Å². The predicted octanol–water partition coefficient (Wildman–Crippen LogP) is 0.0205. The highest BCUT2D eigenvalue weighted by molar-refractivity contribution is 5.82. The molecule has 1 aromatic rings. The molecule has 0 aromatic carbocycles. The summed E-state index contributed by atoms with van der Waals surface area (Å²) in [5.41, 5.74) is 0. The Balaban J connectivity index is 2.30. The van der Waals surface area contributed by atoms with Gasteiger partial charge in [0.25, 0.3) is 0 Å². The molecular formula is C10H16N4O4. The molecule has 0 aliphatic carbocycles. The molecular weight excluding hydrogens is 240 g/mol. The van der Waals surface area contributed by atoms with Crippen LogP contribution in [-0.2, 0) is 11.2 Å². The van der Waals surface area contributed by atoms with Crippen molar-refractivity contribution in [3.63, 3.8) is 0 Å². The van der Waals surface area contributed by atoms with Crippen molar-refractivity contribution in [3.8, 4) is 0 Å². The van der Waals surface area contributed by atoms with Gasteiger partial charge in [-0.25, -0.2) is 9.59 Å². The van der Waals surface area contributed by atoms with Crippen molar-refractivity contribution in [1.29, 1.82) is 0 Å². The van der Waals surface area contributed by atoms with Gasteiger partial charge in [0.05, 0.1) is 0 Å². The first-order valence-corrected chi connectivity index (χ1v) is 5.53. The first-order valence-electron chi connectivity index (χ1n) is 5.53. The fourth-order valence-corrected chi connectivity index (χ4v) is 1.30. The fraction of sp³-hybridized carbons (Fsp3) is 0.600. The molecule has 8 nitrogen and oxygen atoms in total. The Morgan fingerprint density at radius 2 is 2.22 bits per heavy atom. The maximum Gasteiger partial charge on any atom is 0.326 e. The van der Waals surface area contributed by atoms with E-state index in [4.69, 9.17) is 5.11 Å². The van der Waals surface area contributed by atoms with E-state index < -0.39 is 18.0 Å². The second-order valence-electron chi connectivity index (χ2n) is 4.06. The van der Waals surface area contributed by atoms with Crippen molar-refractivity contribution in [2.75, 3.05) is 6.54 Å². The van der Waals surface area contributed by atoms with Crippen molar-refractivity contribution in [1.82, 2.24) is 20.8 Å². The van der Waals surface area contributed by atoms with Crippen LogP contribution >= 0.6 is 0 Å². The molecule has 8 heteroatoms. The van der Waals surface area contributed by atoms with E-state index in [1.54, 1.807) is 13.8 Å². The number of aliphatic carboxylic acids is 1. The topological polar surface area (TPSA) is 117 Å². The summed E-state index contributed by atoms with van der Waals surface area (Å²) in [6, 6.07) is -1.44. The fourth-order valence-electron chi connectivity index (χ4n) is 1.30. The zero-order valence-corrected chi connectivity index (χ0v) is 10.2. The van der Waals surface area contributed by atoms with Crippen LogP contribution < -0.4 is 10.6 Å². The van der Waals surface area contributed by atoms with Crippen molar-refractivity contribution in [2.45, 2.75) is 26.3 Å². The molecule has 0 bridgehead atoms. The number of carbonyl (C=O) groups excluding carboxylic acids is 1. The smallest absolute Gasteiger partial charge is 0.326 e. The lowest BCUT2D eigenvalue weighted by Gasteiger charge is -2.18. The van der Waals surface area contributed by atoms with Crippen molar-refractivity contribution >= 4 is 12.0 Å². The van der Waals surface area contributed by atoms with E-state index in [9.17, 15) is 9.59 Å².